The summed E-state index contributed by atoms with van der Waals surface area (Å²) in [6, 6.07) is 4.01. The third-order valence-electron chi connectivity index (χ3n) is 2.48. The Morgan fingerprint density at radius 3 is 2.65 bits per heavy atom. The van der Waals surface area contributed by atoms with Crippen LogP contribution in [0.5, 0.6) is 5.75 Å². The fourth-order valence-corrected chi connectivity index (χ4v) is 1.60. The van der Waals surface area contributed by atoms with Crippen molar-refractivity contribution in [3.05, 3.63) is 33.9 Å². The van der Waals surface area contributed by atoms with Gasteiger partial charge in [0.25, 0.3) is 5.69 Å². The molecule has 0 spiro atoms. The highest BCUT2D eigenvalue weighted by Gasteiger charge is 2.26. The summed E-state index contributed by atoms with van der Waals surface area (Å²) in [5.74, 6) is 0.354. The van der Waals surface area contributed by atoms with Gasteiger partial charge in [-0.15, -0.1) is 0 Å². The van der Waals surface area contributed by atoms with Crippen LogP contribution in [0.2, 0.25) is 0 Å². The van der Waals surface area contributed by atoms with E-state index in [2.05, 4.69) is 5.32 Å². The van der Waals surface area contributed by atoms with Crippen LogP contribution in [-0.2, 0) is 6.54 Å². The number of non-ortho nitro benzene ring substituents is 1. The Bertz CT molecular complexity index is 464. The molecule has 1 N–H and O–H groups in total. The summed E-state index contributed by atoms with van der Waals surface area (Å²) in [5, 5.41) is 13.5. The maximum atomic E-state index is 12.0. The van der Waals surface area contributed by atoms with Crippen LogP contribution in [0, 0.1) is 10.1 Å². The molecule has 0 aliphatic carbocycles. The van der Waals surface area contributed by atoms with Gasteiger partial charge >= 0.3 is 6.18 Å². The van der Waals surface area contributed by atoms with Crippen LogP contribution in [0.3, 0.4) is 0 Å². The van der Waals surface area contributed by atoms with E-state index in [9.17, 15) is 23.3 Å². The summed E-state index contributed by atoms with van der Waals surface area (Å²) >= 11 is 0. The van der Waals surface area contributed by atoms with Crippen LogP contribution in [-0.4, -0.2) is 24.8 Å². The van der Waals surface area contributed by atoms with E-state index < -0.39 is 17.5 Å². The molecule has 5 nitrogen and oxygen atoms in total. The van der Waals surface area contributed by atoms with Gasteiger partial charge in [0, 0.05) is 30.7 Å². The quantitative estimate of drug-likeness (QED) is 0.476. The number of nitrogens with one attached hydrogen (secondary N) is 1. The number of halogens is 3. The number of rotatable bonds is 7. The number of benzene rings is 1. The molecule has 1 aromatic carbocycles. The van der Waals surface area contributed by atoms with Gasteiger partial charge in [-0.25, -0.2) is 0 Å². The fraction of sp³-hybridized carbons (Fsp3) is 0.500. The predicted octanol–water partition coefficient (Wildman–Crippen LogP) is 3.04. The molecule has 0 saturated heterocycles. The average molecular weight is 292 g/mol. The molecular weight excluding hydrogens is 277 g/mol. The van der Waals surface area contributed by atoms with Crippen LogP contribution in [0.25, 0.3) is 0 Å². The molecule has 1 rings (SSSR count). The van der Waals surface area contributed by atoms with E-state index in [1.165, 1.54) is 18.2 Å². The van der Waals surface area contributed by atoms with Gasteiger partial charge in [-0.3, -0.25) is 10.1 Å². The zero-order chi connectivity index (χ0) is 15.2. The third kappa shape index (κ3) is 5.43. The van der Waals surface area contributed by atoms with E-state index in [1.807, 2.05) is 0 Å². The van der Waals surface area contributed by atoms with Gasteiger partial charge in [0.1, 0.15) is 5.75 Å². The number of ether oxygens (including phenoxy) is 1. The summed E-state index contributed by atoms with van der Waals surface area (Å²) in [6.07, 6.45) is -5.27. The van der Waals surface area contributed by atoms with E-state index in [0.29, 0.717) is 17.9 Å². The van der Waals surface area contributed by atoms with Crippen molar-refractivity contribution in [2.45, 2.75) is 25.6 Å². The summed E-state index contributed by atoms with van der Waals surface area (Å²) < 4.78 is 41.2. The third-order valence-corrected chi connectivity index (χ3v) is 2.48. The molecule has 0 amide bonds. The molecule has 20 heavy (non-hydrogen) atoms. The number of alkyl halides is 3. The van der Waals surface area contributed by atoms with Gasteiger partial charge in [0.05, 0.1) is 11.5 Å². The second kappa shape index (κ2) is 7.09. The lowest BCUT2D eigenvalue weighted by Gasteiger charge is -2.12. The van der Waals surface area contributed by atoms with Crippen molar-refractivity contribution in [1.29, 1.82) is 0 Å². The van der Waals surface area contributed by atoms with Gasteiger partial charge in [-0.1, -0.05) is 0 Å². The minimum absolute atomic E-state index is 0.0853. The first-order valence-electron chi connectivity index (χ1n) is 5.95. The molecule has 0 bridgehead atoms. The molecule has 1 aromatic rings. The zero-order valence-corrected chi connectivity index (χ0v) is 10.9. The van der Waals surface area contributed by atoms with E-state index in [-0.39, 0.29) is 18.7 Å². The highest BCUT2D eigenvalue weighted by atomic mass is 19.4. The van der Waals surface area contributed by atoms with E-state index in [4.69, 9.17) is 4.74 Å². The highest BCUT2D eigenvalue weighted by Crippen LogP contribution is 2.25. The molecule has 0 radical (unpaired) electrons. The Morgan fingerprint density at radius 2 is 2.10 bits per heavy atom. The first kappa shape index (κ1) is 16.2. The molecule has 0 heterocycles. The zero-order valence-electron chi connectivity index (χ0n) is 10.9. The maximum Gasteiger partial charge on any atom is 0.389 e. The number of nitro benzene ring substituents is 1. The van der Waals surface area contributed by atoms with Crippen molar-refractivity contribution >= 4 is 5.69 Å². The average Bonchev–Trinajstić information content (AvgIpc) is 2.35. The second-order valence-corrected chi connectivity index (χ2v) is 4.15. The molecule has 0 aliphatic heterocycles. The van der Waals surface area contributed by atoms with E-state index in [0.717, 1.165) is 0 Å². The summed E-state index contributed by atoms with van der Waals surface area (Å²) in [5.41, 5.74) is 0.451. The highest BCUT2D eigenvalue weighted by molar-refractivity contribution is 5.43. The molecular formula is C12H15F3N2O3. The lowest BCUT2D eigenvalue weighted by molar-refractivity contribution is -0.384. The molecule has 0 unspecified atom stereocenters. The largest absolute Gasteiger partial charge is 0.493 e. The lowest BCUT2D eigenvalue weighted by atomic mass is 10.1. The summed E-state index contributed by atoms with van der Waals surface area (Å²) in [7, 11) is 1.66. The van der Waals surface area contributed by atoms with Crippen molar-refractivity contribution in [1.82, 2.24) is 5.32 Å². The minimum atomic E-state index is -4.20. The number of hydrogen-bond acceptors (Lipinski definition) is 4. The van der Waals surface area contributed by atoms with Crippen molar-refractivity contribution in [2.24, 2.45) is 0 Å². The van der Waals surface area contributed by atoms with Crippen molar-refractivity contribution in [3.8, 4) is 5.75 Å². The van der Waals surface area contributed by atoms with Gasteiger partial charge in [0.2, 0.25) is 0 Å². The minimum Gasteiger partial charge on any atom is -0.493 e. The van der Waals surface area contributed by atoms with Gasteiger partial charge in [0.15, 0.2) is 0 Å². The Kier molecular flexibility index (Phi) is 5.75. The molecule has 0 fully saturated rings. The lowest BCUT2D eigenvalue weighted by Crippen LogP contribution is -2.11. The van der Waals surface area contributed by atoms with E-state index in [1.54, 1.807) is 7.05 Å². The maximum absolute atomic E-state index is 12.0. The summed E-state index contributed by atoms with van der Waals surface area (Å²) in [6.45, 7) is 0.240. The SMILES string of the molecule is CNCc1cc([N+](=O)[O-])ccc1OCCCC(F)(F)F. The standard InChI is InChI=1S/C12H15F3N2O3/c1-16-8-9-7-10(17(18)19)3-4-11(9)20-6-2-5-12(13,14)15/h3-4,7,16H,2,5-6,8H2,1H3. The Balaban J connectivity index is 2.66. The second-order valence-electron chi connectivity index (χ2n) is 4.15. The van der Waals surface area contributed by atoms with Crippen LogP contribution >= 0.6 is 0 Å². The van der Waals surface area contributed by atoms with E-state index >= 15 is 0 Å². The van der Waals surface area contributed by atoms with Crippen molar-refractivity contribution < 1.29 is 22.8 Å². The molecule has 0 saturated carbocycles. The first-order chi connectivity index (χ1) is 9.33. The Morgan fingerprint density at radius 1 is 1.40 bits per heavy atom. The number of hydrogen-bond donors (Lipinski definition) is 1. The number of nitro groups is 1. The van der Waals surface area contributed by atoms with Gasteiger partial charge in [-0.05, 0) is 19.5 Å². The van der Waals surface area contributed by atoms with Crippen molar-refractivity contribution in [2.75, 3.05) is 13.7 Å². The number of nitrogens with zero attached hydrogens (tertiary/aromatic N) is 1. The molecule has 112 valence electrons. The summed E-state index contributed by atoms with van der Waals surface area (Å²) in [4.78, 5) is 10.1. The van der Waals surface area contributed by atoms with Crippen LogP contribution in [0.1, 0.15) is 18.4 Å². The topological polar surface area (TPSA) is 64.4 Å². The van der Waals surface area contributed by atoms with Crippen molar-refractivity contribution in [3.63, 3.8) is 0 Å². The molecule has 0 aromatic heterocycles. The normalized spacial score (nSPS) is 11.4. The molecule has 8 heteroatoms. The smallest absolute Gasteiger partial charge is 0.389 e. The Hall–Kier alpha value is -1.83. The van der Waals surface area contributed by atoms with Crippen LogP contribution in [0.4, 0.5) is 18.9 Å². The first-order valence-corrected chi connectivity index (χ1v) is 5.95. The fourth-order valence-electron chi connectivity index (χ4n) is 1.60. The molecule has 0 aliphatic rings. The van der Waals surface area contributed by atoms with Gasteiger partial charge in [-0.2, -0.15) is 13.2 Å². The monoisotopic (exact) mass is 292 g/mol. The Labute approximate surface area is 113 Å². The molecule has 0 atom stereocenters. The predicted molar refractivity (Wildman–Crippen MR) is 66.6 cm³/mol. The van der Waals surface area contributed by atoms with Crippen LogP contribution < -0.4 is 10.1 Å². The van der Waals surface area contributed by atoms with Crippen LogP contribution in [0.15, 0.2) is 18.2 Å². The van der Waals surface area contributed by atoms with Gasteiger partial charge < -0.3 is 10.1 Å².